The molecule has 29 heavy (non-hydrogen) atoms. The minimum Gasteiger partial charge on any atom is -0.321 e. The number of carbonyl (C=O) groups is 2. The van der Waals surface area contributed by atoms with E-state index in [0.29, 0.717) is 44.0 Å². The van der Waals surface area contributed by atoms with Crippen LogP contribution in [0.4, 0.5) is 5.69 Å². The van der Waals surface area contributed by atoms with Gasteiger partial charge in [0.25, 0.3) is 5.91 Å². The number of carbonyl (C=O) groups excluding carboxylic acids is 2. The summed E-state index contributed by atoms with van der Waals surface area (Å²) < 4.78 is 0. The second-order valence-corrected chi connectivity index (χ2v) is 7.40. The lowest BCUT2D eigenvalue weighted by Gasteiger charge is -2.21. The van der Waals surface area contributed by atoms with Crippen molar-refractivity contribution in [1.82, 2.24) is 9.97 Å². The third-order valence-corrected chi connectivity index (χ3v) is 5.44. The molecular weight excluding hydrogens is 409 g/mol. The zero-order chi connectivity index (χ0) is 20.1. The molecule has 1 heterocycles. The van der Waals surface area contributed by atoms with E-state index in [0.717, 1.165) is 0 Å². The SMILES string of the molecule is O=C(Nc1cccc2c1C(=O)c1cccc3ncnc-2c13)c1cc(Cl)ccc1Cl. The molecule has 0 saturated heterocycles. The van der Waals surface area contributed by atoms with Gasteiger partial charge in [-0.05, 0) is 30.3 Å². The summed E-state index contributed by atoms with van der Waals surface area (Å²) in [5, 5.41) is 4.18. The number of nitrogens with one attached hydrogen (secondary N) is 1. The average molecular weight is 420 g/mol. The van der Waals surface area contributed by atoms with Crippen molar-refractivity contribution in [3.05, 3.63) is 87.7 Å². The van der Waals surface area contributed by atoms with Crippen molar-refractivity contribution in [2.45, 2.75) is 0 Å². The van der Waals surface area contributed by atoms with Crippen LogP contribution in [-0.2, 0) is 0 Å². The van der Waals surface area contributed by atoms with E-state index in [1.54, 1.807) is 36.4 Å². The lowest BCUT2D eigenvalue weighted by molar-refractivity contribution is 0.102. The second kappa shape index (κ2) is 6.65. The first-order valence-corrected chi connectivity index (χ1v) is 9.48. The molecule has 1 N–H and O–H groups in total. The largest absolute Gasteiger partial charge is 0.321 e. The fraction of sp³-hybridized carbons (Fsp3) is 0. The number of nitrogens with zero attached hydrogens (tertiary/aromatic N) is 2. The highest BCUT2D eigenvalue weighted by atomic mass is 35.5. The van der Waals surface area contributed by atoms with Crippen molar-refractivity contribution in [2.75, 3.05) is 5.32 Å². The van der Waals surface area contributed by atoms with Gasteiger partial charge < -0.3 is 5.32 Å². The van der Waals surface area contributed by atoms with Gasteiger partial charge in [-0.3, -0.25) is 9.59 Å². The predicted molar refractivity (Wildman–Crippen MR) is 113 cm³/mol. The number of ketones is 1. The number of hydrogen-bond acceptors (Lipinski definition) is 4. The van der Waals surface area contributed by atoms with Crippen molar-refractivity contribution in [2.24, 2.45) is 0 Å². The van der Waals surface area contributed by atoms with E-state index in [1.165, 1.54) is 12.4 Å². The first kappa shape index (κ1) is 17.8. The third-order valence-electron chi connectivity index (χ3n) is 4.88. The minimum atomic E-state index is -0.453. The van der Waals surface area contributed by atoms with E-state index in [-0.39, 0.29) is 16.4 Å². The zero-order valence-corrected chi connectivity index (χ0v) is 16.3. The summed E-state index contributed by atoms with van der Waals surface area (Å²) >= 11 is 12.1. The predicted octanol–water partition coefficient (Wildman–Crippen LogP) is 5.40. The van der Waals surface area contributed by atoms with Gasteiger partial charge in [-0.15, -0.1) is 0 Å². The Morgan fingerprint density at radius 3 is 2.59 bits per heavy atom. The van der Waals surface area contributed by atoms with Crippen LogP contribution in [0.25, 0.3) is 22.2 Å². The van der Waals surface area contributed by atoms with Crippen LogP contribution >= 0.6 is 23.2 Å². The molecule has 0 fully saturated rings. The number of benzene rings is 3. The molecule has 5 rings (SSSR count). The maximum Gasteiger partial charge on any atom is 0.257 e. The number of halogens is 2. The first-order valence-electron chi connectivity index (χ1n) is 8.73. The number of anilines is 1. The van der Waals surface area contributed by atoms with E-state index in [2.05, 4.69) is 15.3 Å². The molecule has 1 aliphatic carbocycles. The van der Waals surface area contributed by atoms with Gasteiger partial charge in [-0.2, -0.15) is 0 Å². The topological polar surface area (TPSA) is 72.0 Å². The average Bonchev–Trinajstić information content (AvgIpc) is 2.73. The molecule has 0 atom stereocenters. The molecule has 0 aliphatic heterocycles. The number of fused-ring (bicyclic) bond motifs is 2. The first-order chi connectivity index (χ1) is 14.0. The van der Waals surface area contributed by atoms with Gasteiger partial charge in [0.05, 0.1) is 33.0 Å². The van der Waals surface area contributed by atoms with Crippen LogP contribution in [0, 0.1) is 0 Å². The summed E-state index contributed by atoms with van der Waals surface area (Å²) in [6.45, 7) is 0. The zero-order valence-electron chi connectivity index (χ0n) is 14.7. The summed E-state index contributed by atoms with van der Waals surface area (Å²) in [6.07, 6.45) is 1.47. The molecule has 0 saturated carbocycles. The van der Waals surface area contributed by atoms with Crippen LogP contribution in [0.1, 0.15) is 26.3 Å². The summed E-state index contributed by atoms with van der Waals surface area (Å²) in [5.74, 6) is -0.647. The smallest absolute Gasteiger partial charge is 0.257 e. The summed E-state index contributed by atoms with van der Waals surface area (Å²) in [4.78, 5) is 34.8. The molecule has 0 spiro atoms. The highest BCUT2D eigenvalue weighted by Crippen LogP contribution is 2.40. The van der Waals surface area contributed by atoms with Gasteiger partial charge in [0, 0.05) is 21.5 Å². The van der Waals surface area contributed by atoms with Crippen molar-refractivity contribution in [3.63, 3.8) is 0 Å². The maximum atomic E-state index is 13.3. The Labute approximate surface area is 175 Å². The fourth-order valence-electron chi connectivity index (χ4n) is 3.60. The molecule has 1 aromatic heterocycles. The quantitative estimate of drug-likeness (QED) is 0.415. The lowest BCUT2D eigenvalue weighted by atomic mass is 9.85. The molecule has 1 amide bonds. The van der Waals surface area contributed by atoms with Gasteiger partial charge in [-0.1, -0.05) is 47.5 Å². The van der Waals surface area contributed by atoms with Crippen molar-refractivity contribution in [1.29, 1.82) is 0 Å². The van der Waals surface area contributed by atoms with Gasteiger partial charge >= 0.3 is 0 Å². The van der Waals surface area contributed by atoms with Crippen molar-refractivity contribution >= 4 is 51.5 Å². The number of hydrogen-bond donors (Lipinski definition) is 1. The summed E-state index contributed by atoms with van der Waals surface area (Å²) in [6, 6.07) is 15.3. The summed E-state index contributed by atoms with van der Waals surface area (Å²) in [7, 11) is 0. The van der Waals surface area contributed by atoms with Gasteiger partial charge in [-0.25, -0.2) is 9.97 Å². The van der Waals surface area contributed by atoms with Crippen LogP contribution in [-0.4, -0.2) is 21.7 Å². The Hall–Kier alpha value is -3.28. The van der Waals surface area contributed by atoms with Gasteiger partial charge in [0.2, 0.25) is 0 Å². The number of aromatic nitrogens is 2. The van der Waals surface area contributed by atoms with E-state index in [1.807, 2.05) is 12.1 Å². The monoisotopic (exact) mass is 419 g/mol. The molecule has 0 radical (unpaired) electrons. The van der Waals surface area contributed by atoms with Crippen LogP contribution in [0.15, 0.2) is 60.9 Å². The molecule has 0 unspecified atom stereocenters. The van der Waals surface area contributed by atoms with Crippen LogP contribution < -0.4 is 5.32 Å². The summed E-state index contributed by atoms with van der Waals surface area (Å²) in [5.41, 5.74) is 3.52. The number of rotatable bonds is 2. The van der Waals surface area contributed by atoms with E-state index < -0.39 is 5.91 Å². The fourth-order valence-corrected chi connectivity index (χ4v) is 3.97. The molecule has 3 aromatic carbocycles. The Morgan fingerprint density at radius 1 is 0.931 bits per heavy atom. The molecule has 4 aromatic rings. The second-order valence-electron chi connectivity index (χ2n) is 6.56. The minimum absolute atomic E-state index is 0.194. The van der Waals surface area contributed by atoms with Crippen LogP contribution in [0.2, 0.25) is 10.0 Å². The Bertz CT molecular complexity index is 1350. The van der Waals surface area contributed by atoms with Crippen molar-refractivity contribution < 1.29 is 9.59 Å². The Morgan fingerprint density at radius 2 is 1.72 bits per heavy atom. The highest BCUT2D eigenvalue weighted by Gasteiger charge is 2.29. The Balaban J connectivity index is 1.66. The highest BCUT2D eigenvalue weighted by molar-refractivity contribution is 6.36. The molecular formula is C22H11Cl2N3O2. The Kier molecular flexibility index (Phi) is 4.08. The van der Waals surface area contributed by atoms with E-state index in [4.69, 9.17) is 23.2 Å². The number of amides is 1. The van der Waals surface area contributed by atoms with Crippen LogP contribution in [0.5, 0.6) is 0 Å². The maximum absolute atomic E-state index is 13.3. The lowest BCUT2D eigenvalue weighted by Crippen LogP contribution is -2.18. The molecule has 7 heteroatoms. The van der Waals surface area contributed by atoms with E-state index in [9.17, 15) is 9.59 Å². The third kappa shape index (κ3) is 2.78. The normalized spacial score (nSPS) is 12.0. The van der Waals surface area contributed by atoms with Crippen molar-refractivity contribution in [3.8, 4) is 11.3 Å². The van der Waals surface area contributed by atoms with E-state index >= 15 is 0 Å². The standard InChI is InChI=1S/C22H11Cl2N3O2/c23-11-7-8-15(24)14(9-11)22(29)27-17-6-1-3-12-19(17)21(28)13-4-2-5-16-18(13)20(12)26-10-25-16/h1-10H,(H,27,29). The molecule has 140 valence electrons. The van der Waals surface area contributed by atoms with Gasteiger partial charge in [0.15, 0.2) is 5.78 Å². The molecule has 1 aliphatic rings. The molecule has 5 nitrogen and oxygen atoms in total. The van der Waals surface area contributed by atoms with Crippen LogP contribution in [0.3, 0.4) is 0 Å². The van der Waals surface area contributed by atoms with Gasteiger partial charge in [0.1, 0.15) is 6.33 Å². The molecule has 0 bridgehead atoms.